The third kappa shape index (κ3) is 4.40. The molecule has 1 aromatic heterocycles. The average Bonchev–Trinajstić information content (AvgIpc) is 3.28. The molecule has 5 nitrogen and oxygen atoms in total. The SMILES string of the molecule is COc1ccc(-c2cccc(C(OC3CCN(C)CC3)c3nc4ccccc4[nH]3)c2)cc1. The van der Waals surface area contributed by atoms with Crippen molar-refractivity contribution in [1.82, 2.24) is 14.9 Å². The normalized spacial score (nSPS) is 16.3. The van der Waals surface area contributed by atoms with Gasteiger partial charge < -0.3 is 19.4 Å². The standard InChI is InChI=1S/C27H29N3O2/c1-30-16-14-23(15-17-30)32-26(27-28-24-8-3-4-9-25(24)29-27)21-7-5-6-20(18-21)19-10-12-22(31-2)13-11-19/h3-13,18,23,26H,14-17H2,1-2H3,(H,28,29). The lowest BCUT2D eigenvalue weighted by atomic mass is 9.99. The molecule has 1 aliphatic heterocycles. The molecule has 4 aromatic rings. The number of fused-ring (bicyclic) bond motifs is 1. The summed E-state index contributed by atoms with van der Waals surface area (Å²) >= 11 is 0. The Labute approximate surface area is 189 Å². The molecule has 1 aliphatic rings. The van der Waals surface area contributed by atoms with Gasteiger partial charge in [-0.05, 0) is 66.9 Å². The summed E-state index contributed by atoms with van der Waals surface area (Å²) in [5.41, 5.74) is 5.40. The number of rotatable bonds is 6. The van der Waals surface area contributed by atoms with Crippen LogP contribution in [-0.4, -0.2) is 48.2 Å². The number of hydrogen-bond donors (Lipinski definition) is 1. The van der Waals surface area contributed by atoms with E-state index in [1.165, 1.54) is 0 Å². The number of H-pyrrole nitrogens is 1. The molecule has 32 heavy (non-hydrogen) atoms. The van der Waals surface area contributed by atoms with Crippen LogP contribution in [0.2, 0.25) is 0 Å². The number of nitrogens with one attached hydrogen (secondary N) is 1. The van der Waals surface area contributed by atoms with Crippen molar-refractivity contribution in [1.29, 1.82) is 0 Å². The number of imidazole rings is 1. The van der Waals surface area contributed by atoms with Crippen LogP contribution in [-0.2, 0) is 4.74 Å². The lowest BCUT2D eigenvalue weighted by Crippen LogP contribution is -2.35. The van der Waals surface area contributed by atoms with Gasteiger partial charge in [-0.1, -0.05) is 42.5 Å². The van der Waals surface area contributed by atoms with Gasteiger partial charge in [0.15, 0.2) is 0 Å². The van der Waals surface area contributed by atoms with Gasteiger partial charge in [-0.15, -0.1) is 0 Å². The van der Waals surface area contributed by atoms with E-state index in [0.29, 0.717) is 0 Å². The summed E-state index contributed by atoms with van der Waals surface area (Å²) in [5.74, 6) is 1.72. The maximum Gasteiger partial charge on any atom is 0.141 e. The van der Waals surface area contributed by atoms with Gasteiger partial charge in [-0.3, -0.25) is 0 Å². The molecule has 1 fully saturated rings. The van der Waals surface area contributed by atoms with Crippen LogP contribution < -0.4 is 4.74 Å². The molecule has 0 radical (unpaired) electrons. The molecule has 0 amide bonds. The van der Waals surface area contributed by atoms with Crippen LogP contribution in [0.25, 0.3) is 22.2 Å². The van der Waals surface area contributed by atoms with E-state index in [-0.39, 0.29) is 12.2 Å². The van der Waals surface area contributed by atoms with Crippen molar-refractivity contribution in [3.8, 4) is 16.9 Å². The van der Waals surface area contributed by atoms with E-state index in [1.54, 1.807) is 7.11 Å². The minimum Gasteiger partial charge on any atom is -0.497 e. The molecule has 3 aromatic carbocycles. The maximum absolute atomic E-state index is 6.73. The summed E-state index contributed by atoms with van der Waals surface area (Å²) in [6, 6.07) is 24.9. The summed E-state index contributed by atoms with van der Waals surface area (Å²) in [4.78, 5) is 10.8. The fraction of sp³-hybridized carbons (Fsp3) is 0.296. The second-order valence-electron chi connectivity index (χ2n) is 8.51. The molecule has 1 N–H and O–H groups in total. The number of aromatic nitrogens is 2. The molecule has 1 unspecified atom stereocenters. The van der Waals surface area contributed by atoms with Crippen LogP contribution in [0.3, 0.4) is 0 Å². The Bertz CT molecular complexity index is 1140. The highest BCUT2D eigenvalue weighted by atomic mass is 16.5. The molecule has 5 rings (SSSR count). The van der Waals surface area contributed by atoms with Crippen LogP contribution in [0.4, 0.5) is 0 Å². The number of ether oxygens (including phenoxy) is 2. The number of benzene rings is 3. The quantitative estimate of drug-likeness (QED) is 0.445. The van der Waals surface area contributed by atoms with E-state index in [1.807, 2.05) is 30.3 Å². The summed E-state index contributed by atoms with van der Waals surface area (Å²) in [6.07, 6.45) is 2.04. The van der Waals surface area contributed by atoms with E-state index in [0.717, 1.165) is 65.2 Å². The fourth-order valence-electron chi connectivity index (χ4n) is 4.38. The van der Waals surface area contributed by atoms with Crippen molar-refractivity contribution in [3.63, 3.8) is 0 Å². The number of likely N-dealkylation sites (tertiary alicyclic amines) is 1. The molecule has 5 heteroatoms. The number of hydrogen-bond acceptors (Lipinski definition) is 4. The van der Waals surface area contributed by atoms with Crippen LogP contribution in [0.1, 0.15) is 30.3 Å². The molecule has 1 atom stereocenters. The highest BCUT2D eigenvalue weighted by Crippen LogP contribution is 2.32. The van der Waals surface area contributed by atoms with Gasteiger partial charge in [0.1, 0.15) is 17.7 Å². The third-order valence-electron chi connectivity index (χ3n) is 6.26. The zero-order valence-electron chi connectivity index (χ0n) is 18.6. The van der Waals surface area contributed by atoms with Gasteiger partial charge in [-0.2, -0.15) is 0 Å². The van der Waals surface area contributed by atoms with Crippen molar-refractivity contribution < 1.29 is 9.47 Å². The predicted molar refractivity (Wildman–Crippen MR) is 128 cm³/mol. The minimum atomic E-state index is -0.242. The van der Waals surface area contributed by atoms with Crippen LogP contribution in [0.5, 0.6) is 5.75 Å². The number of nitrogens with zero attached hydrogens (tertiary/aromatic N) is 2. The summed E-state index contributed by atoms with van der Waals surface area (Å²) in [5, 5.41) is 0. The van der Waals surface area contributed by atoms with Crippen molar-refractivity contribution in [2.45, 2.75) is 25.0 Å². The molecular formula is C27H29N3O2. The number of para-hydroxylation sites is 2. The fourth-order valence-corrected chi connectivity index (χ4v) is 4.38. The number of aromatic amines is 1. The van der Waals surface area contributed by atoms with Gasteiger partial charge in [-0.25, -0.2) is 4.98 Å². The first kappa shape index (κ1) is 20.7. The van der Waals surface area contributed by atoms with Crippen molar-refractivity contribution in [2.75, 3.05) is 27.2 Å². The molecule has 2 heterocycles. The molecule has 1 saturated heterocycles. The average molecular weight is 428 g/mol. The monoisotopic (exact) mass is 427 g/mol. The number of methoxy groups -OCH3 is 1. The van der Waals surface area contributed by atoms with E-state index in [4.69, 9.17) is 14.5 Å². The zero-order valence-corrected chi connectivity index (χ0v) is 18.6. The Balaban J connectivity index is 1.50. The van der Waals surface area contributed by atoms with Crippen LogP contribution in [0.15, 0.2) is 72.8 Å². The van der Waals surface area contributed by atoms with Gasteiger partial charge in [0.25, 0.3) is 0 Å². The Hall–Kier alpha value is -3.15. The van der Waals surface area contributed by atoms with Gasteiger partial charge in [0.05, 0.1) is 24.2 Å². The van der Waals surface area contributed by atoms with Crippen LogP contribution >= 0.6 is 0 Å². The first-order valence-corrected chi connectivity index (χ1v) is 11.2. The summed E-state index contributed by atoms with van der Waals surface area (Å²) in [7, 11) is 3.86. The Morgan fingerprint density at radius 1 is 0.938 bits per heavy atom. The largest absolute Gasteiger partial charge is 0.497 e. The van der Waals surface area contributed by atoms with E-state index in [2.05, 4.69) is 59.4 Å². The Kier molecular flexibility index (Phi) is 5.93. The third-order valence-corrected chi connectivity index (χ3v) is 6.26. The smallest absolute Gasteiger partial charge is 0.141 e. The highest BCUT2D eigenvalue weighted by molar-refractivity contribution is 5.75. The minimum absolute atomic E-state index is 0.217. The van der Waals surface area contributed by atoms with Gasteiger partial charge in [0, 0.05) is 13.1 Å². The summed E-state index contributed by atoms with van der Waals surface area (Å²) < 4.78 is 12.0. The Morgan fingerprint density at radius 3 is 2.47 bits per heavy atom. The van der Waals surface area contributed by atoms with E-state index >= 15 is 0 Å². The molecule has 0 spiro atoms. The second-order valence-corrected chi connectivity index (χ2v) is 8.51. The first-order chi connectivity index (χ1) is 15.7. The maximum atomic E-state index is 6.73. The van der Waals surface area contributed by atoms with Crippen molar-refractivity contribution in [2.24, 2.45) is 0 Å². The number of piperidine rings is 1. The van der Waals surface area contributed by atoms with Crippen molar-refractivity contribution >= 4 is 11.0 Å². The first-order valence-electron chi connectivity index (χ1n) is 11.2. The van der Waals surface area contributed by atoms with E-state index in [9.17, 15) is 0 Å². The lowest BCUT2D eigenvalue weighted by Gasteiger charge is -2.31. The van der Waals surface area contributed by atoms with Gasteiger partial charge in [0.2, 0.25) is 0 Å². The molecule has 0 aliphatic carbocycles. The topological polar surface area (TPSA) is 50.4 Å². The molecular weight excluding hydrogens is 398 g/mol. The molecule has 164 valence electrons. The van der Waals surface area contributed by atoms with E-state index < -0.39 is 0 Å². The molecule has 0 saturated carbocycles. The Morgan fingerprint density at radius 2 is 1.72 bits per heavy atom. The van der Waals surface area contributed by atoms with Crippen LogP contribution in [0, 0.1) is 0 Å². The summed E-state index contributed by atoms with van der Waals surface area (Å²) in [6.45, 7) is 2.12. The lowest BCUT2D eigenvalue weighted by molar-refractivity contribution is -0.0264. The van der Waals surface area contributed by atoms with Crippen molar-refractivity contribution in [3.05, 3.63) is 84.2 Å². The molecule has 0 bridgehead atoms. The zero-order chi connectivity index (χ0) is 21.9. The van der Waals surface area contributed by atoms with Gasteiger partial charge >= 0.3 is 0 Å². The predicted octanol–water partition coefficient (Wildman–Crippen LogP) is 5.44. The highest BCUT2D eigenvalue weighted by Gasteiger charge is 2.26. The second kappa shape index (κ2) is 9.15.